The Bertz CT molecular complexity index is 973. The predicted octanol–water partition coefficient (Wildman–Crippen LogP) is 5.15. The van der Waals surface area contributed by atoms with Crippen molar-refractivity contribution in [1.82, 2.24) is 0 Å². The number of hydrogen-bond donors (Lipinski definition) is 0. The molecule has 0 unspecified atom stereocenters. The zero-order chi connectivity index (χ0) is 22.1. The minimum absolute atomic E-state index is 0.0558. The second-order valence-corrected chi connectivity index (χ2v) is 10.1. The molecule has 0 heterocycles. The normalized spacial score (nSPS) is 11.3. The van der Waals surface area contributed by atoms with Crippen molar-refractivity contribution in [1.29, 1.82) is 0 Å². The van der Waals surface area contributed by atoms with Gasteiger partial charge in [0.25, 0.3) is 0 Å². The van der Waals surface area contributed by atoms with E-state index in [0.29, 0.717) is 34.6 Å². The molecule has 30 heavy (non-hydrogen) atoms. The van der Waals surface area contributed by atoms with Crippen molar-refractivity contribution in [3.8, 4) is 11.5 Å². The van der Waals surface area contributed by atoms with E-state index < -0.39 is 9.84 Å². The molecule has 0 saturated carbocycles. The van der Waals surface area contributed by atoms with Gasteiger partial charge in [-0.1, -0.05) is 54.7 Å². The molecule has 0 bridgehead atoms. The van der Waals surface area contributed by atoms with Crippen molar-refractivity contribution in [3.05, 3.63) is 57.6 Å². The van der Waals surface area contributed by atoms with Gasteiger partial charge >= 0.3 is 0 Å². The van der Waals surface area contributed by atoms with Crippen LogP contribution in [0.5, 0.6) is 11.5 Å². The Morgan fingerprint density at radius 3 is 2.57 bits per heavy atom. The number of benzene rings is 2. The number of carbonyl (C=O) groups is 1. The predicted molar refractivity (Wildman–Crippen MR) is 121 cm³/mol. The molecule has 0 fully saturated rings. The third-order valence-electron chi connectivity index (χ3n) is 4.32. The number of halogens is 2. The quantitative estimate of drug-likeness (QED) is 0.399. The van der Waals surface area contributed by atoms with Crippen LogP contribution in [0.15, 0.2) is 36.4 Å². The van der Waals surface area contributed by atoms with Gasteiger partial charge in [-0.3, -0.25) is 4.79 Å². The first-order valence-electron chi connectivity index (χ1n) is 9.70. The van der Waals surface area contributed by atoms with Gasteiger partial charge in [0.05, 0.1) is 22.4 Å². The number of sulfone groups is 1. The highest BCUT2D eigenvalue weighted by molar-refractivity contribution is 7.90. The number of rotatable bonds is 12. The van der Waals surface area contributed by atoms with E-state index >= 15 is 0 Å². The molecular weight excluding hydrogens is 447 g/mol. The number of unbranched alkanes of at least 4 members (excludes halogenated alkanes) is 1. The highest BCUT2D eigenvalue weighted by Gasteiger charge is 2.13. The first kappa shape index (κ1) is 24.5. The molecule has 2 rings (SSSR count). The monoisotopic (exact) mass is 472 g/mol. The molecule has 0 aliphatic carbocycles. The Kier molecular flexibility index (Phi) is 9.46. The topological polar surface area (TPSA) is 69.7 Å². The highest BCUT2D eigenvalue weighted by atomic mass is 35.5. The molecule has 8 heteroatoms. The number of Topliss-reactive ketones (excluding diaryl/α,β-unsaturated/α-hetero) is 1. The molecule has 0 spiro atoms. The van der Waals surface area contributed by atoms with Gasteiger partial charge in [0.1, 0.15) is 22.2 Å². The van der Waals surface area contributed by atoms with Crippen LogP contribution >= 0.6 is 23.2 Å². The smallest absolute Gasteiger partial charge is 0.171 e. The second-order valence-electron chi connectivity index (χ2n) is 7.08. The zero-order valence-electron chi connectivity index (χ0n) is 17.1. The van der Waals surface area contributed by atoms with E-state index in [0.717, 1.165) is 30.2 Å². The van der Waals surface area contributed by atoms with E-state index in [9.17, 15) is 13.2 Å². The fraction of sp³-hybridized carbons (Fsp3) is 0.409. The van der Waals surface area contributed by atoms with Crippen LogP contribution in [0, 0.1) is 0 Å². The van der Waals surface area contributed by atoms with Gasteiger partial charge in [-0.25, -0.2) is 8.42 Å². The van der Waals surface area contributed by atoms with Crippen molar-refractivity contribution in [2.75, 3.05) is 25.2 Å². The summed E-state index contributed by atoms with van der Waals surface area (Å²) >= 11 is 12.8. The lowest BCUT2D eigenvalue weighted by atomic mass is 10.0. The summed E-state index contributed by atoms with van der Waals surface area (Å²) in [5.74, 6) is 0.589. The van der Waals surface area contributed by atoms with E-state index in [4.69, 9.17) is 32.7 Å². The van der Waals surface area contributed by atoms with Gasteiger partial charge in [0.2, 0.25) is 0 Å². The molecule has 5 nitrogen and oxygen atoms in total. The summed E-state index contributed by atoms with van der Waals surface area (Å²) in [6.07, 6.45) is 3.52. The van der Waals surface area contributed by atoms with E-state index in [1.165, 1.54) is 0 Å². The van der Waals surface area contributed by atoms with Crippen LogP contribution in [-0.4, -0.2) is 39.4 Å². The number of hydrogen-bond acceptors (Lipinski definition) is 5. The number of ketones is 1. The summed E-state index contributed by atoms with van der Waals surface area (Å²) in [7, 11) is -3.17. The van der Waals surface area contributed by atoms with Gasteiger partial charge in [0.15, 0.2) is 11.5 Å². The molecule has 0 amide bonds. The van der Waals surface area contributed by atoms with Crippen molar-refractivity contribution in [2.45, 2.75) is 32.6 Å². The molecule has 2 aromatic rings. The van der Waals surface area contributed by atoms with Gasteiger partial charge in [0, 0.05) is 12.7 Å². The van der Waals surface area contributed by atoms with Gasteiger partial charge in [-0.2, -0.15) is 0 Å². The van der Waals surface area contributed by atoms with Crippen LogP contribution in [-0.2, 0) is 21.1 Å². The van der Waals surface area contributed by atoms with Crippen LogP contribution in [0.4, 0.5) is 0 Å². The molecule has 0 aromatic heterocycles. The van der Waals surface area contributed by atoms with E-state index in [-0.39, 0.29) is 24.6 Å². The molecule has 164 valence electrons. The Balaban J connectivity index is 2.03. The fourth-order valence-corrected chi connectivity index (χ4v) is 3.81. The number of ether oxygens (including phenoxy) is 2. The Labute approximate surface area is 188 Å². The van der Waals surface area contributed by atoms with Crippen LogP contribution in [0.1, 0.15) is 37.3 Å². The summed E-state index contributed by atoms with van der Waals surface area (Å²) < 4.78 is 33.6. The molecule has 0 saturated heterocycles. The summed E-state index contributed by atoms with van der Waals surface area (Å²) in [5, 5.41) is 0.963. The average molecular weight is 473 g/mol. The highest BCUT2D eigenvalue weighted by Crippen LogP contribution is 2.37. The molecule has 2 aromatic carbocycles. The molecular formula is C22H26Cl2O5S. The number of carbonyl (C=O) groups excluding carboxylic acids is 1. The van der Waals surface area contributed by atoms with Crippen LogP contribution < -0.4 is 9.47 Å². The van der Waals surface area contributed by atoms with Crippen molar-refractivity contribution < 1.29 is 22.7 Å². The Morgan fingerprint density at radius 2 is 1.87 bits per heavy atom. The molecule has 0 radical (unpaired) electrons. The largest absolute Gasteiger partial charge is 0.490 e. The van der Waals surface area contributed by atoms with Crippen LogP contribution in [0.25, 0.3) is 0 Å². The lowest BCUT2D eigenvalue weighted by molar-refractivity contribution is -0.120. The third kappa shape index (κ3) is 8.17. The van der Waals surface area contributed by atoms with E-state index in [1.54, 1.807) is 12.1 Å². The van der Waals surface area contributed by atoms with Gasteiger partial charge in [-0.05, 0) is 42.2 Å². The lowest BCUT2D eigenvalue weighted by Gasteiger charge is -2.13. The molecule has 0 N–H and O–H groups in total. The van der Waals surface area contributed by atoms with Gasteiger partial charge < -0.3 is 9.47 Å². The zero-order valence-corrected chi connectivity index (χ0v) is 19.4. The Morgan fingerprint density at radius 1 is 1.10 bits per heavy atom. The maximum absolute atomic E-state index is 11.8. The van der Waals surface area contributed by atoms with Crippen molar-refractivity contribution in [3.63, 3.8) is 0 Å². The minimum atomic E-state index is -3.17. The SMILES string of the molecule is CCCCOc1c(Cl)ccc(Cc2cccc(OCC(=O)CCS(C)(=O)=O)c2)c1Cl. The third-order valence-corrected chi connectivity index (χ3v) is 5.98. The first-order chi connectivity index (χ1) is 14.2. The summed E-state index contributed by atoms with van der Waals surface area (Å²) in [6.45, 7) is 2.46. The summed E-state index contributed by atoms with van der Waals surface area (Å²) in [4.78, 5) is 11.8. The molecule has 0 aliphatic rings. The Hall–Kier alpha value is -1.76. The standard InChI is InChI=1S/C22H26Cl2O5S/c1-3-4-11-28-22-20(23)9-8-17(21(22)24)13-16-6-5-7-19(14-16)29-15-18(25)10-12-30(2,26)27/h5-9,14H,3-4,10-13,15H2,1-2H3. The fourth-order valence-electron chi connectivity index (χ4n) is 2.66. The molecule has 0 atom stereocenters. The van der Waals surface area contributed by atoms with Crippen LogP contribution in [0.2, 0.25) is 10.0 Å². The average Bonchev–Trinajstić information content (AvgIpc) is 2.69. The summed E-state index contributed by atoms with van der Waals surface area (Å²) in [6, 6.07) is 11.0. The summed E-state index contributed by atoms with van der Waals surface area (Å²) in [5.41, 5.74) is 1.81. The first-order valence-corrected chi connectivity index (χ1v) is 12.5. The molecule has 0 aliphatic heterocycles. The minimum Gasteiger partial charge on any atom is -0.490 e. The maximum Gasteiger partial charge on any atom is 0.171 e. The lowest BCUT2D eigenvalue weighted by Crippen LogP contribution is -2.15. The van der Waals surface area contributed by atoms with Crippen LogP contribution in [0.3, 0.4) is 0 Å². The second kappa shape index (κ2) is 11.6. The van der Waals surface area contributed by atoms with Gasteiger partial charge in [-0.15, -0.1) is 0 Å². The maximum atomic E-state index is 11.8. The van der Waals surface area contributed by atoms with E-state index in [1.807, 2.05) is 24.3 Å². The van der Waals surface area contributed by atoms with Crippen molar-refractivity contribution in [2.24, 2.45) is 0 Å². The van der Waals surface area contributed by atoms with E-state index in [2.05, 4.69) is 6.92 Å². The van der Waals surface area contributed by atoms with Crippen molar-refractivity contribution >= 4 is 38.8 Å².